The molecule has 0 aliphatic carbocycles. The van der Waals surface area contributed by atoms with Crippen LogP contribution in [-0.4, -0.2) is 16.3 Å². The second-order valence-electron chi connectivity index (χ2n) is 4.89. The topological polar surface area (TPSA) is 39.1 Å². The molecule has 1 aliphatic heterocycles. The van der Waals surface area contributed by atoms with E-state index in [1.807, 2.05) is 17.9 Å². The molecule has 4 nitrogen and oxygen atoms in total. The summed E-state index contributed by atoms with van der Waals surface area (Å²) in [4.78, 5) is 0. The highest BCUT2D eigenvalue weighted by Gasteiger charge is 2.19. The van der Waals surface area contributed by atoms with Crippen LogP contribution in [0.1, 0.15) is 35.3 Å². The SMILES string of the molecule is CCNC(c1ccc2c(c1)COC2)c1ccnn1C. The highest BCUT2D eigenvalue weighted by atomic mass is 16.5. The van der Waals surface area contributed by atoms with Gasteiger partial charge in [0.15, 0.2) is 0 Å². The summed E-state index contributed by atoms with van der Waals surface area (Å²) >= 11 is 0. The average Bonchev–Trinajstić information content (AvgIpc) is 3.03. The number of nitrogens with one attached hydrogen (secondary N) is 1. The molecule has 1 aromatic carbocycles. The lowest BCUT2D eigenvalue weighted by Crippen LogP contribution is -2.24. The summed E-state index contributed by atoms with van der Waals surface area (Å²) in [6.07, 6.45) is 1.84. The van der Waals surface area contributed by atoms with Gasteiger partial charge in [0.25, 0.3) is 0 Å². The van der Waals surface area contributed by atoms with Gasteiger partial charge in [-0.2, -0.15) is 5.10 Å². The van der Waals surface area contributed by atoms with E-state index in [0.29, 0.717) is 0 Å². The Morgan fingerprint density at radius 2 is 2.16 bits per heavy atom. The predicted molar refractivity (Wildman–Crippen MR) is 73.7 cm³/mol. The van der Waals surface area contributed by atoms with E-state index in [9.17, 15) is 0 Å². The Morgan fingerprint density at radius 1 is 1.32 bits per heavy atom. The first-order chi connectivity index (χ1) is 9.29. The Bertz CT molecular complexity index is 577. The monoisotopic (exact) mass is 257 g/mol. The molecule has 0 radical (unpaired) electrons. The first-order valence-corrected chi connectivity index (χ1v) is 6.70. The Balaban J connectivity index is 1.98. The molecule has 0 spiro atoms. The van der Waals surface area contributed by atoms with Gasteiger partial charge in [-0.25, -0.2) is 0 Å². The average molecular weight is 257 g/mol. The number of ether oxygens (including phenoxy) is 1. The van der Waals surface area contributed by atoms with Crippen molar-refractivity contribution in [1.82, 2.24) is 15.1 Å². The van der Waals surface area contributed by atoms with E-state index in [-0.39, 0.29) is 6.04 Å². The Kier molecular flexibility index (Phi) is 3.36. The van der Waals surface area contributed by atoms with E-state index in [1.54, 1.807) is 0 Å². The van der Waals surface area contributed by atoms with Gasteiger partial charge in [0.1, 0.15) is 0 Å². The van der Waals surface area contributed by atoms with Crippen molar-refractivity contribution >= 4 is 0 Å². The van der Waals surface area contributed by atoms with Crippen molar-refractivity contribution in [2.75, 3.05) is 6.54 Å². The van der Waals surface area contributed by atoms with Crippen LogP contribution in [0.4, 0.5) is 0 Å². The molecule has 0 saturated heterocycles. The van der Waals surface area contributed by atoms with Crippen molar-refractivity contribution in [1.29, 1.82) is 0 Å². The Hall–Kier alpha value is -1.65. The van der Waals surface area contributed by atoms with Gasteiger partial charge < -0.3 is 10.1 Å². The maximum atomic E-state index is 5.49. The molecule has 19 heavy (non-hydrogen) atoms. The van der Waals surface area contributed by atoms with Gasteiger partial charge in [0.05, 0.1) is 24.9 Å². The van der Waals surface area contributed by atoms with Gasteiger partial charge in [0, 0.05) is 13.2 Å². The van der Waals surface area contributed by atoms with E-state index in [2.05, 4.69) is 41.6 Å². The van der Waals surface area contributed by atoms with Gasteiger partial charge in [-0.15, -0.1) is 0 Å². The van der Waals surface area contributed by atoms with Crippen LogP contribution >= 0.6 is 0 Å². The smallest absolute Gasteiger partial charge is 0.0748 e. The number of benzene rings is 1. The minimum Gasteiger partial charge on any atom is -0.372 e. The van der Waals surface area contributed by atoms with Crippen LogP contribution in [0, 0.1) is 0 Å². The predicted octanol–water partition coefficient (Wildman–Crippen LogP) is 2.15. The van der Waals surface area contributed by atoms with Crippen LogP contribution < -0.4 is 5.32 Å². The van der Waals surface area contributed by atoms with Crippen LogP contribution in [0.2, 0.25) is 0 Å². The minimum absolute atomic E-state index is 0.184. The van der Waals surface area contributed by atoms with Crippen LogP contribution in [-0.2, 0) is 25.0 Å². The summed E-state index contributed by atoms with van der Waals surface area (Å²) in [7, 11) is 1.98. The van der Waals surface area contributed by atoms with Crippen molar-refractivity contribution in [2.45, 2.75) is 26.2 Å². The number of aromatic nitrogens is 2. The number of aryl methyl sites for hydroxylation is 1. The molecule has 1 aliphatic rings. The van der Waals surface area contributed by atoms with Gasteiger partial charge in [0.2, 0.25) is 0 Å². The third-order valence-corrected chi connectivity index (χ3v) is 3.64. The first kappa shape index (κ1) is 12.4. The minimum atomic E-state index is 0.184. The Labute approximate surface area is 113 Å². The van der Waals surface area contributed by atoms with Gasteiger partial charge in [-0.05, 0) is 29.3 Å². The largest absolute Gasteiger partial charge is 0.372 e. The molecule has 0 amide bonds. The normalized spacial score (nSPS) is 15.5. The lowest BCUT2D eigenvalue weighted by molar-refractivity contribution is 0.134. The van der Waals surface area contributed by atoms with E-state index in [1.165, 1.54) is 22.4 Å². The van der Waals surface area contributed by atoms with Gasteiger partial charge >= 0.3 is 0 Å². The fourth-order valence-corrected chi connectivity index (χ4v) is 2.64. The molecule has 100 valence electrons. The molecule has 1 atom stereocenters. The second-order valence-corrected chi connectivity index (χ2v) is 4.89. The molecule has 0 bridgehead atoms. The van der Waals surface area contributed by atoms with E-state index in [0.717, 1.165) is 19.8 Å². The standard InChI is InChI=1S/C15H19N3O/c1-3-16-15(14-6-7-17-18(14)2)11-4-5-12-9-19-10-13(12)8-11/h4-8,15-16H,3,9-10H2,1-2H3. The zero-order valence-corrected chi connectivity index (χ0v) is 11.4. The lowest BCUT2D eigenvalue weighted by Gasteiger charge is -2.19. The molecule has 2 heterocycles. The third kappa shape index (κ3) is 2.29. The highest BCUT2D eigenvalue weighted by Crippen LogP contribution is 2.27. The van der Waals surface area contributed by atoms with Crippen molar-refractivity contribution in [3.63, 3.8) is 0 Å². The zero-order chi connectivity index (χ0) is 13.2. The molecular formula is C15H19N3O. The maximum absolute atomic E-state index is 5.49. The summed E-state index contributed by atoms with van der Waals surface area (Å²) in [5.41, 5.74) is 5.07. The van der Waals surface area contributed by atoms with Crippen LogP contribution in [0.3, 0.4) is 0 Å². The number of fused-ring (bicyclic) bond motifs is 1. The highest BCUT2D eigenvalue weighted by molar-refractivity contribution is 5.37. The summed E-state index contributed by atoms with van der Waals surface area (Å²) in [6, 6.07) is 8.87. The quantitative estimate of drug-likeness (QED) is 0.912. The van der Waals surface area contributed by atoms with Crippen LogP contribution in [0.15, 0.2) is 30.5 Å². The van der Waals surface area contributed by atoms with Gasteiger partial charge in [-0.1, -0.05) is 25.1 Å². The summed E-state index contributed by atoms with van der Waals surface area (Å²) in [6.45, 7) is 4.52. The zero-order valence-electron chi connectivity index (χ0n) is 11.4. The molecule has 3 rings (SSSR count). The molecule has 4 heteroatoms. The number of rotatable bonds is 4. The number of hydrogen-bond donors (Lipinski definition) is 1. The second kappa shape index (κ2) is 5.15. The number of hydrogen-bond acceptors (Lipinski definition) is 3. The van der Waals surface area contributed by atoms with E-state index in [4.69, 9.17) is 4.74 Å². The molecule has 0 saturated carbocycles. The van der Waals surface area contributed by atoms with Crippen LogP contribution in [0.5, 0.6) is 0 Å². The van der Waals surface area contributed by atoms with Crippen molar-refractivity contribution in [3.8, 4) is 0 Å². The fourth-order valence-electron chi connectivity index (χ4n) is 2.64. The van der Waals surface area contributed by atoms with Crippen molar-refractivity contribution in [2.24, 2.45) is 7.05 Å². The molecule has 1 N–H and O–H groups in total. The molecule has 1 aromatic heterocycles. The van der Waals surface area contributed by atoms with Crippen LogP contribution in [0.25, 0.3) is 0 Å². The summed E-state index contributed by atoms with van der Waals surface area (Å²) in [5.74, 6) is 0. The fraction of sp³-hybridized carbons (Fsp3) is 0.400. The number of nitrogens with zero attached hydrogens (tertiary/aromatic N) is 2. The molecule has 0 fully saturated rings. The maximum Gasteiger partial charge on any atom is 0.0748 e. The Morgan fingerprint density at radius 3 is 2.89 bits per heavy atom. The lowest BCUT2D eigenvalue weighted by atomic mass is 9.99. The van der Waals surface area contributed by atoms with Crippen molar-refractivity contribution < 1.29 is 4.74 Å². The molecule has 2 aromatic rings. The summed E-state index contributed by atoms with van der Waals surface area (Å²) in [5, 5.41) is 7.80. The summed E-state index contributed by atoms with van der Waals surface area (Å²) < 4.78 is 7.41. The first-order valence-electron chi connectivity index (χ1n) is 6.70. The third-order valence-electron chi connectivity index (χ3n) is 3.64. The van der Waals surface area contributed by atoms with E-state index < -0.39 is 0 Å². The van der Waals surface area contributed by atoms with E-state index >= 15 is 0 Å². The molecule has 1 unspecified atom stereocenters. The molecular weight excluding hydrogens is 238 g/mol. The van der Waals surface area contributed by atoms with Gasteiger partial charge in [-0.3, -0.25) is 4.68 Å². The van der Waals surface area contributed by atoms with Crippen molar-refractivity contribution in [3.05, 3.63) is 52.8 Å².